The van der Waals surface area contributed by atoms with E-state index in [0.717, 1.165) is 18.2 Å². The summed E-state index contributed by atoms with van der Waals surface area (Å²) in [6, 6.07) is 4.82. The van der Waals surface area contributed by atoms with Crippen LogP contribution in [0.3, 0.4) is 0 Å². The molecule has 17 heavy (non-hydrogen) atoms. The third kappa shape index (κ3) is 3.01. The summed E-state index contributed by atoms with van der Waals surface area (Å²) < 4.78 is 0.591. The second-order valence-corrected chi connectivity index (χ2v) is 5.90. The number of nitrogens with one attached hydrogen (secondary N) is 1. The number of rotatable bonds is 4. The number of carbonyl (C=O) groups excluding carboxylic acids is 1. The molecule has 1 aliphatic carbocycles. The predicted molar refractivity (Wildman–Crippen MR) is 73.6 cm³/mol. The molecular formula is C12H13Br2NO2. The fourth-order valence-corrected chi connectivity index (χ4v) is 2.56. The van der Waals surface area contributed by atoms with Crippen molar-refractivity contribution in [1.82, 2.24) is 5.32 Å². The Labute approximate surface area is 117 Å². The number of phenolic OH excluding ortho intramolecular Hbond substituents is 1. The van der Waals surface area contributed by atoms with Gasteiger partial charge in [0.25, 0.3) is 5.91 Å². The average molecular weight is 363 g/mol. The molecule has 0 radical (unpaired) electrons. The molecule has 1 amide bonds. The minimum atomic E-state index is -0.139. The van der Waals surface area contributed by atoms with Crippen LogP contribution in [0.2, 0.25) is 0 Å². The Morgan fingerprint density at radius 1 is 1.47 bits per heavy atom. The summed E-state index contributed by atoms with van der Waals surface area (Å²) in [5.41, 5.74) is 0.739. The molecule has 0 heterocycles. The van der Waals surface area contributed by atoms with Crippen molar-refractivity contribution in [3.05, 3.63) is 28.2 Å². The first-order valence-electron chi connectivity index (χ1n) is 5.39. The van der Waals surface area contributed by atoms with E-state index in [1.54, 1.807) is 12.1 Å². The third-order valence-electron chi connectivity index (χ3n) is 3.07. The quantitative estimate of drug-likeness (QED) is 0.808. The minimum absolute atomic E-state index is 0.0827. The van der Waals surface area contributed by atoms with Gasteiger partial charge in [0, 0.05) is 17.4 Å². The van der Waals surface area contributed by atoms with Crippen LogP contribution in [0.1, 0.15) is 23.2 Å². The summed E-state index contributed by atoms with van der Waals surface area (Å²) >= 11 is 6.65. The molecule has 1 fully saturated rings. The van der Waals surface area contributed by atoms with Gasteiger partial charge in [0.15, 0.2) is 0 Å². The van der Waals surface area contributed by atoms with Gasteiger partial charge in [-0.3, -0.25) is 4.79 Å². The number of hydrogen-bond acceptors (Lipinski definition) is 2. The van der Waals surface area contributed by atoms with Crippen molar-refractivity contribution in [2.75, 3.05) is 11.9 Å². The zero-order valence-corrected chi connectivity index (χ0v) is 12.3. The summed E-state index contributed by atoms with van der Waals surface area (Å²) in [6.45, 7) is 0.688. The summed E-state index contributed by atoms with van der Waals surface area (Å²) in [5.74, 6) is -0.0562. The van der Waals surface area contributed by atoms with E-state index in [9.17, 15) is 9.90 Å². The SMILES string of the molecule is O=C(NCC1(CBr)CC1)c1ccc(Br)c(O)c1. The number of alkyl halides is 1. The molecule has 2 rings (SSSR count). The van der Waals surface area contributed by atoms with Crippen molar-refractivity contribution in [3.8, 4) is 5.75 Å². The Morgan fingerprint density at radius 2 is 2.18 bits per heavy atom. The molecule has 1 aromatic carbocycles. The van der Waals surface area contributed by atoms with Gasteiger partial charge in [-0.25, -0.2) is 0 Å². The zero-order chi connectivity index (χ0) is 12.5. The lowest BCUT2D eigenvalue weighted by Gasteiger charge is -2.12. The minimum Gasteiger partial charge on any atom is -0.507 e. The van der Waals surface area contributed by atoms with E-state index in [2.05, 4.69) is 37.2 Å². The predicted octanol–water partition coefficient (Wildman–Crippen LogP) is 3.06. The van der Waals surface area contributed by atoms with E-state index in [4.69, 9.17) is 0 Å². The molecule has 0 aliphatic heterocycles. The summed E-state index contributed by atoms with van der Waals surface area (Å²) in [4.78, 5) is 11.8. The van der Waals surface area contributed by atoms with Crippen LogP contribution >= 0.6 is 31.9 Å². The van der Waals surface area contributed by atoms with E-state index >= 15 is 0 Å². The van der Waals surface area contributed by atoms with Gasteiger partial charge < -0.3 is 10.4 Å². The molecule has 1 aliphatic rings. The number of phenols is 1. The number of hydrogen-bond donors (Lipinski definition) is 2. The molecule has 1 aromatic rings. The van der Waals surface area contributed by atoms with E-state index in [-0.39, 0.29) is 17.1 Å². The summed E-state index contributed by atoms with van der Waals surface area (Å²) in [6.07, 6.45) is 2.31. The molecule has 0 unspecified atom stereocenters. The van der Waals surface area contributed by atoms with E-state index in [1.165, 1.54) is 6.07 Å². The van der Waals surface area contributed by atoms with Crippen molar-refractivity contribution in [1.29, 1.82) is 0 Å². The van der Waals surface area contributed by atoms with Crippen LogP contribution in [-0.2, 0) is 0 Å². The number of amides is 1. The number of carbonyl (C=O) groups is 1. The molecule has 3 nitrogen and oxygen atoms in total. The maximum atomic E-state index is 11.8. The summed E-state index contributed by atoms with van der Waals surface area (Å²) in [7, 11) is 0. The van der Waals surface area contributed by atoms with Crippen LogP contribution in [0, 0.1) is 5.41 Å². The van der Waals surface area contributed by atoms with Gasteiger partial charge in [-0.15, -0.1) is 0 Å². The molecule has 0 atom stereocenters. The van der Waals surface area contributed by atoms with Gasteiger partial charge in [-0.1, -0.05) is 15.9 Å². The molecular weight excluding hydrogens is 350 g/mol. The Morgan fingerprint density at radius 3 is 2.71 bits per heavy atom. The topological polar surface area (TPSA) is 49.3 Å². The van der Waals surface area contributed by atoms with Crippen LogP contribution < -0.4 is 5.32 Å². The van der Waals surface area contributed by atoms with Crippen molar-refractivity contribution >= 4 is 37.8 Å². The smallest absolute Gasteiger partial charge is 0.251 e. The maximum absolute atomic E-state index is 11.8. The van der Waals surface area contributed by atoms with E-state index < -0.39 is 0 Å². The molecule has 92 valence electrons. The Bertz CT molecular complexity index is 444. The Kier molecular flexibility index (Phi) is 3.78. The van der Waals surface area contributed by atoms with Crippen molar-refractivity contribution in [2.45, 2.75) is 12.8 Å². The zero-order valence-electron chi connectivity index (χ0n) is 9.17. The average Bonchev–Trinajstić information content (AvgIpc) is 3.10. The molecule has 0 spiro atoms. The first kappa shape index (κ1) is 12.9. The van der Waals surface area contributed by atoms with Crippen LogP contribution in [0.5, 0.6) is 5.75 Å². The van der Waals surface area contributed by atoms with E-state index in [1.807, 2.05) is 0 Å². The van der Waals surface area contributed by atoms with Gasteiger partial charge in [-0.2, -0.15) is 0 Å². The van der Waals surface area contributed by atoms with Crippen molar-refractivity contribution in [3.63, 3.8) is 0 Å². The number of halogens is 2. The highest BCUT2D eigenvalue weighted by atomic mass is 79.9. The third-order valence-corrected chi connectivity index (χ3v) is 4.93. The fraction of sp³-hybridized carbons (Fsp3) is 0.417. The molecule has 5 heteroatoms. The second-order valence-electron chi connectivity index (χ2n) is 4.48. The second kappa shape index (κ2) is 4.98. The van der Waals surface area contributed by atoms with Crippen LogP contribution in [-0.4, -0.2) is 22.9 Å². The van der Waals surface area contributed by atoms with Gasteiger partial charge in [0.05, 0.1) is 4.47 Å². The largest absolute Gasteiger partial charge is 0.507 e. The van der Waals surface area contributed by atoms with Crippen LogP contribution in [0.4, 0.5) is 0 Å². The van der Waals surface area contributed by atoms with Gasteiger partial charge in [0.2, 0.25) is 0 Å². The lowest BCUT2D eigenvalue weighted by molar-refractivity contribution is 0.0946. The molecule has 0 aromatic heterocycles. The highest BCUT2D eigenvalue weighted by Crippen LogP contribution is 2.46. The molecule has 0 bridgehead atoms. The highest BCUT2D eigenvalue weighted by Gasteiger charge is 2.41. The van der Waals surface area contributed by atoms with Gasteiger partial charge >= 0.3 is 0 Å². The van der Waals surface area contributed by atoms with Gasteiger partial charge in [-0.05, 0) is 52.4 Å². The Hall–Kier alpha value is -0.550. The molecule has 1 saturated carbocycles. The summed E-state index contributed by atoms with van der Waals surface area (Å²) in [5, 5.41) is 13.3. The monoisotopic (exact) mass is 361 g/mol. The molecule has 2 N–H and O–H groups in total. The standard InChI is InChI=1S/C12H13Br2NO2/c13-6-12(3-4-12)7-15-11(17)8-1-2-9(14)10(16)5-8/h1-2,5,16H,3-4,6-7H2,(H,15,17). The Balaban J connectivity index is 1.97. The normalized spacial score (nSPS) is 16.6. The highest BCUT2D eigenvalue weighted by molar-refractivity contribution is 9.10. The van der Waals surface area contributed by atoms with Crippen LogP contribution in [0.25, 0.3) is 0 Å². The van der Waals surface area contributed by atoms with Crippen molar-refractivity contribution in [2.24, 2.45) is 5.41 Å². The van der Waals surface area contributed by atoms with Gasteiger partial charge in [0.1, 0.15) is 5.75 Å². The first-order chi connectivity index (χ1) is 8.06. The number of benzene rings is 1. The number of aromatic hydroxyl groups is 1. The lowest BCUT2D eigenvalue weighted by Crippen LogP contribution is -2.30. The lowest BCUT2D eigenvalue weighted by atomic mass is 10.1. The fourth-order valence-electron chi connectivity index (χ4n) is 1.56. The first-order valence-corrected chi connectivity index (χ1v) is 7.30. The van der Waals surface area contributed by atoms with E-state index in [0.29, 0.717) is 16.6 Å². The van der Waals surface area contributed by atoms with Crippen molar-refractivity contribution < 1.29 is 9.90 Å². The maximum Gasteiger partial charge on any atom is 0.251 e. The molecule has 0 saturated heterocycles. The van der Waals surface area contributed by atoms with Crippen LogP contribution in [0.15, 0.2) is 22.7 Å².